The number of likely N-dealkylation sites (N-methyl/N-ethyl adjacent to an activating group) is 1. The van der Waals surface area contributed by atoms with Crippen molar-refractivity contribution in [1.29, 1.82) is 0 Å². The highest BCUT2D eigenvalue weighted by Gasteiger charge is 2.11. The van der Waals surface area contributed by atoms with Crippen LogP contribution >= 0.6 is 0 Å². The van der Waals surface area contributed by atoms with Gasteiger partial charge >= 0.3 is 0 Å². The van der Waals surface area contributed by atoms with E-state index in [1.165, 1.54) is 5.56 Å². The average Bonchev–Trinajstić information content (AvgIpc) is 2.36. The molecule has 0 amide bonds. The molecule has 0 saturated carbocycles. The second kappa shape index (κ2) is 7.30. The van der Waals surface area contributed by atoms with Crippen molar-refractivity contribution >= 4 is 0 Å². The normalized spacial score (nSPS) is 12.8. The lowest BCUT2D eigenvalue weighted by Gasteiger charge is -2.27. The van der Waals surface area contributed by atoms with E-state index < -0.39 is 0 Å². The van der Waals surface area contributed by atoms with Crippen molar-refractivity contribution in [2.45, 2.75) is 26.3 Å². The van der Waals surface area contributed by atoms with Gasteiger partial charge in [0.1, 0.15) is 5.75 Å². The van der Waals surface area contributed by atoms with Gasteiger partial charge in [0.2, 0.25) is 0 Å². The summed E-state index contributed by atoms with van der Waals surface area (Å²) in [7, 11) is 1.69. The van der Waals surface area contributed by atoms with Crippen molar-refractivity contribution in [2.75, 3.05) is 26.7 Å². The first-order valence-corrected chi connectivity index (χ1v) is 6.28. The predicted octanol–water partition coefficient (Wildman–Crippen LogP) is 1.91. The van der Waals surface area contributed by atoms with Crippen LogP contribution in [0.3, 0.4) is 0 Å². The number of hydrogen-bond acceptors (Lipinski definition) is 3. The van der Waals surface area contributed by atoms with Crippen LogP contribution in [0.2, 0.25) is 0 Å². The van der Waals surface area contributed by atoms with Crippen LogP contribution in [0.25, 0.3) is 0 Å². The van der Waals surface area contributed by atoms with Gasteiger partial charge in [-0.05, 0) is 37.6 Å². The van der Waals surface area contributed by atoms with Gasteiger partial charge in [-0.1, -0.05) is 19.1 Å². The van der Waals surface area contributed by atoms with Crippen molar-refractivity contribution in [3.05, 3.63) is 29.8 Å². The van der Waals surface area contributed by atoms with Gasteiger partial charge in [0, 0.05) is 19.1 Å². The third kappa shape index (κ3) is 4.36. The molecule has 17 heavy (non-hydrogen) atoms. The topological polar surface area (TPSA) is 38.5 Å². The summed E-state index contributed by atoms with van der Waals surface area (Å²) in [5.74, 6) is 0.913. The highest BCUT2D eigenvalue weighted by Crippen LogP contribution is 2.14. The second-order valence-electron chi connectivity index (χ2n) is 4.32. The highest BCUT2D eigenvalue weighted by molar-refractivity contribution is 5.27. The lowest BCUT2D eigenvalue weighted by Crippen LogP contribution is -2.38. The van der Waals surface area contributed by atoms with E-state index >= 15 is 0 Å². The summed E-state index contributed by atoms with van der Waals surface area (Å²) >= 11 is 0. The Bertz CT molecular complexity index is 311. The Morgan fingerprint density at radius 1 is 1.29 bits per heavy atom. The molecule has 0 fully saturated rings. The Hall–Kier alpha value is -1.06. The zero-order valence-corrected chi connectivity index (χ0v) is 11.1. The summed E-state index contributed by atoms with van der Waals surface area (Å²) in [6.07, 6.45) is 1.05. The third-order valence-electron chi connectivity index (χ3n) is 3.14. The summed E-state index contributed by atoms with van der Waals surface area (Å²) in [6, 6.07) is 8.82. The standard InChI is InChI=1S/C14H24N2O/c1-4-16(10-9-15)12(2)11-13-5-7-14(17-3)8-6-13/h5-8,12H,4,9-11,15H2,1-3H3. The molecular formula is C14H24N2O. The van der Waals surface area contributed by atoms with E-state index in [0.717, 1.165) is 31.8 Å². The van der Waals surface area contributed by atoms with Gasteiger partial charge in [-0.15, -0.1) is 0 Å². The number of methoxy groups -OCH3 is 1. The van der Waals surface area contributed by atoms with Crippen LogP contribution in [-0.4, -0.2) is 37.7 Å². The van der Waals surface area contributed by atoms with Crippen LogP contribution in [0, 0.1) is 0 Å². The maximum absolute atomic E-state index is 5.62. The second-order valence-corrected chi connectivity index (χ2v) is 4.32. The number of ether oxygens (including phenoxy) is 1. The first-order chi connectivity index (χ1) is 8.21. The van der Waals surface area contributed by atoms with Gasteiger partial charge in [0.05, 0.1) is 7.11 Å². The lowest BCUT2D eigenvalue weighted by molar-refractivity contribution is 0.224. The molecule has 0 spiro atoms. The zero-order chi connectivity index (χ0) is 12.7. The van der Waals surface area contributed by atoms with Crippen LogP contribution in [0.4, 0.5) is 0 Å². The van der Waals surface area contributed by atoms with Crippen molar-refractivity contribution in [1.82, 2.24) is 4.90 Å². The molecule has 1 rings (SSSR count). The number of nitrogens with two attached hydrogens (primary N) is 1. The van der Waals surface area contributed by atoms with E-state index in [1.54, 1.807) is 7.11 Å². The quantitative estimate of drug-likeness (QED) is 0.786. The Kier molecular flexibility index (Phi) is 6.01. The summed E-state index contributed by atoms with van der Waals surface area (Å²) in [4.78, 5) is 2.41. The van der Waals surface area contributed by atoms with E-state index in [0.29, 0.717) is 6.04 Å². The molecule has 0 saturated heterocycles. The molecule has 96 valence electrons. The van der Waals surface area contributed by atoms with Crippen LogP contribution < -0.4 is 10.5 Å². The van der Waals surface area contributed by atoms with Gasteiger partial charge in [0.15, 0.2) is 0 Å². The molecule has 3 heteroatoms. The summed E-state index contributed by atoms with van der Waals surface area (Å²) < 4.78 is 5.15. The summed E-state index contributed by atoms with van der Waals surface area (Å²) in [6.45, 7) is 7.17. The fourth-order valence-electron chi connectivity index (χ4n) is 2.09. The minimum Gasteiger partial charge on any atom is -0.497 e. The molecule has 0 aliphatic heterocycles. The molecule has 0 aliphatic carbocycles. The molecule has 0 aromatic heterocycles. The third-order valence-corrected chi connectivity index (χ3v) is 3.14. The molecule has 0 heterocycles. The monoisotopic (exact) mass is 236 g/mol. The number of rotatable bonds is 7. The number of benzene rings is 1. The fourth-order valence-corrected chi connectivity index (χ4v) is 2.09. The van der Waals surface area contributed by atoms with Gasteiger partial charge in [-0.3, -0.25) is 4.90 Å². The van der Waals surface area contributed by atoms with Crippen molar-refractivity contribution in [3.63, 3.8) is 0 Å². The molecule has 1 atom stereocenters. The Balaban J connectivity index is 2.56. The van der Waals surface area contributed by atoms with Crippen LogP contribution in [0.15, 0.2) is 24.3 Å². The van der Waals surface area contributed by atoms with Crippen LogP contribution in [0.1, 0.15) is 19.4 Å². The van der Waals surface area contributed by atoms with Crippen molar-refractivity contribution in [2.24, 2.45) is 5.73 Å². The SMILES string of the molecule is CCN(CCN)C(C)Cc1ccc(OC)cc1. The van der Waals surface area contributed by atoms with E-state index in [2.05, 4.69) is 30.9 Å². The summed E-state index contributed by atoms with van der Waals surface area (Å²) in [5, 5.41) is 0. The van der Waals surface area contributed by atoms with E-state index in [1.807, 2.05) is 12.1 Å². The molecule has 2 N–H and O–H groups in total. The fraction of sp³-hybridized carbons (Fsp3) is 0.571. The summed E-state index contributed by atoms with van der Waals surface area (Å²) in [5.41, 5.74) is 6.96. The molecular weight excluding hydrogens is 212 g/mol. The van der Waals surface area contributed by atoms with E-state index in [9.17, 15) is 0 Å². The molecule has 0 aliphatic rings. The molecule has 1 aromatic carbocycles. The molecule has 0 bridgehead atoms. The largest absolute Gasteiger partial charge is 0.497 e. The number of nitrogens with zero attached hydrogens (tertiary/aromatic N) is 1. The average molecular weight is 236 g/mol. The van der Waals surface area contributed by atoms with Gasteiger partial charge < -0.3 is 10.5 Å². The van der Waals surface area contributed by atoms with E-state index in [-0.39, 0.29) is 0 Å². The van der Waals surface area contributed by atoms with Crippen LogP contribution in [-0.2, 0) is 6.42 Å². The zero-order valence-electron chi connectivity index (χ0n) is 11.1. The minimum atomic E-state index is 0.525. The Labute approximate surface area is 105 Å². The molecule has 1 aromatic rings. The minimum absolute atomic E-state index is 0.525. The molecule has 1 unspecified atom stereocenters. The van der Waals surface area contributed by atoms with Crippen molar-refractivity contribution in [3.8, 4) is 5.75 Å². The lowest BCUT2D eigenvalue weighted by atomic mass is 10.1. The number of hydrogen-bond donors (Lipinski definition) is 1. The first kappa shape index (κ1) is 14.0. The maximum atomic E-state index is 5.62. The van der Waals surface area contributed by atoms with E-state index in [4.69, 9.17) is 10.5 Å². The predicted molar refractivity (Wildman–Crippen MR) is 72.5 cm³/mol. The Morgan fingerprint density at radius 2 is 1.94 bits per heavy atom. The molecule has 0 radical (unpaired) electrons. The Morgan fingerprint density at radius 3 is 2.41 bits per heavy atom. The van der Waals surface area contributed by atoms with Crippen molar-refractivity contribution < 1.29 is 4.74 Å². The van der Waals surface area contributed by atoms with Crippen LogP contribution in [0.5, 0.6) is 5.75 Å². The maximum Gasteiger partial charge on any atom is 0.118 e. The van der Waals surface area contributed by atoms with Gasteiger partial charge in [-0.25, -0.2) is 0 Å². The highest BCUT2D eigenvalue weighted by atomic mass is 16.5. The van der Waals surface area contributed by atoms with Gasteiger partial charge in [-0.2, -0.15) is 0 Å². The van der Waals surface area contributed by atoms with Gasteiger partial charge in [0.25, 0.3) is 0 Å². The smallest absolute Gasteiger partial charge is 0.118 e. The first-order valence-electron chi connectivity index (χ1n) is 6.28. The molecule has 3 nitrogen and oxygen atoms in total.